The van der Waals surface area contributed by atoms with Crippen molar-refractivity contribution in [2.24, 2.45) is 0 Å². The number of hydrogen-bond acceptors (Lipinski definition) is 4. The van der Waals surface area contributed by atoms with Gasteiger partial charge < -0.3 is 24.8 Å². The first-order valence-electron chi connectivity index (χ1n) is 11.9. The third-order valence-corrected chi connectivity index (χ3v) is 5.29. The van der Waals surface area contributed by atoms with Gasteiger partial charge in [-0.15, -0.1) is 0 Å². The monoisotopic (exact) mass is 526 g/mol. The summed E-state index contributed by atoms with van der Waals surface area (Å²) in [5.41, 5.74) is 0.732. The molecule has 0 heterocycles. The molecule has 2 N–H and O–H groups in total. The van der Waals surface area contributed by atoms with Gasteiger partial charge in [0, 0.05) is 32.5 Å². The summed E-state index contributed by atoms with van der Waals surface area (Å²) >= 11 is 0. The number of carboxylic acid groups (broad SMARTS) is 1. The van der Waals surface area contributed by atoms with E-state index in [1.807, 2.05) is 6.92 Å². The van der Waals surface area contributed by atoms with Crippen LogP contribution in [0.1, 0.15) is 51.5 Å². The van der Waals surface area contributed by atoms with E-state index < -0.39 is 43.0 Å². The van der Waals surface area contributed by atoms with Crippen LogP contribution in [-0.2, 0) is 16.0 Å². The van der Waals surface area contributed by atoms with E-state index >= 15 is 0 Å². The molecule has 0 fully saturated rings. The minimum atomic E-state index is -5.59. The number of halogens is 5. The van der Waals surface area contributed by atoms with Gasteiger partial charge in [0.1, 0.15) is 12.4 Å². The molecule has 12 heteroatoms. The first-order valence-corrected chi connectivity index (χ1v) is 11.9. The van der Waals surface area contributed by atoms with Crippen LogP contribution in [0.25, 0.3) is 0 Å². The maximum Gasteiger partial charge on any atom is 0.453 e. The van der Waals surface area contributed by atoms with Crippen LogP contribution in [-0.4, -0.2) is 73.1 Å². The summed E-state index contributed by atoms with van der Waals surface area (Å²) < 4.78 is 74.0. The maximum absolute atomic E-state index is 13.1. The zero-order chi connectivity index (χ0) is 27.2. The summed E-state index contributed by atoms with van der Waals surface area (Å²) in [6, 6.07) is 6.23. The van der Waals surface area contributed by atoms with Crippen molar-refractivity contribution in [3.63, 3.8) is 0 Å². The van der Waals surface area contributed by atoms with Crippen LogP contribution in [0.4, 0.5) is 26.7 Å². The van der Waals surface area contributed by atoms with E-state index in [1.54, 1.807) is 31.2 Å². The van der Waals surface area contributed by atoms with Crippen molar-refractivity contribution in [1.29, 1.82) is 0 Å². The summed E-state index contributed by atoms with van der Waals surface area (Å²) in [6.07, 6.45) is -6.53. The van der Waals surface area contributed by atoms with E-state index in [1.165, 1.54) is 4.90 Å². The summed E-state index contributed by atoms with van der Waals surface area (Å²) in [7, 11) is 0. The van der Waals surface area contributed by atoms with Crippen LogP contribution in [0.5, 0.6) is 5.75 Å². The molecule has 7 nitrogen and oxygen atoms in total. The Bertz CT molecular complexity index is 790. The van der Waals surface area contributed by atoms with Gasteiger partial charge in [0.25, 0.3) is 0 Å². The normalized spacial score (nSPS) is 12.8. The Balaban J connectivity index is 2.61. The van der Waals surface area contributed by atoms with Crippen molar-refractivity contribution in [2.45, 2.75) is 70.6 Å². The summed E-state index contributed by atoms with van der Waals surface area (Å²) in [5, 5.41) is 11.9. The smallest absolute Gasteiger partial charge is 0.453 e. The molecule has 36 heavy (non-hydrogen) atoms. The number of nitrogens with one attached hydrogen (secondary N) is 1. The van der Waals surface area contributed by atoms with Crippen LogP contribution in [0.15, 0.2) is 24.3 Å². The molecule has 0 saturated carbocycles. The number of carbonyl (C=O) groups is 2. The fourth-order valence-corrected chi connectivity index (χ4v) is 3.22. The maximum atomic E-state index is 13.1. The van der Waals surface area contributed by atoms with E-state index in [2.05, 4.69) is 5.32 Å². The number of alkyl halides is 5. The summed E-state index contributed by atoms with van der Waals surface area (Å²) in [5.74, 6) is -5.35. The number of rotatable bonds is 17. The van der Waals surface area contributed by atoms with E-state index in [-0.39, 0.29) is 39.1 Å². The molecule has 0 bridgehead atoms. The number of urea groups is 1. The highest BCUT2D eigenvalue weighted by Crippen LogP contribution is 2.39. The van der Waals surface area contributed by atoms with Crippen molar-refractivity contribution < 1.29 is 46.1 Å². The number of amides is 2. The molecule has 0 saturated heterocycles. The topological polar surface area (TPSA) is 88.1 Å². The Kier molecular flexibility index (Phi) is 13.5. The average molecular weight is 527 g/mol. The molecule has 0 spiro atoms. The Hall–Kier alpha value is -2.63. The van der Waals surface area contributed by atoms with Crippen molar-refractivity contribution in [3.8, 4) is 5.75 Å². The van der Waals surface area contributed by atoms with Crippen molar-refractivity contribution in [1.82, 2.24) is 10.2 Å². The molecule has 2 amide bonds. The van der Waals surface area contributed by atoms with E-state index in [0.717, 1.165) is 18.4 Å². The van der Waals surface area contributed by atoms with Gasteiger partial charge in [0.15, 0.2) is 6.10 Å². The van der Waals surface area contributed by atoms with E-state index in [9.17, 15) is 36.6 Å². The Morgan fingerprint density at radius 2 is 1.69 bits per heavy atom. The second kappa shape index (κ2) is 15.5. The lowest BCUT2D eigenvalue weighted by molar-refractivity contribution is -0.284. The fraction of sp³-hybridized carbons (Fsp3) is 0.667. The SMILES string of the molecule is CCCCNC(=O)N(CCCCC(F)(F)C(F)(F)F)CCOc1ccc(CC(OCC)C(=O)O)cc1. The zero-order valence-corrected chi connectivity index (χ0v) is 20.6. The minimum Gasteiger partial charge on any atom is -0.492 e. The molecular weight excluding hydrogens is 491 g/mol. The highest BCUT2D eigenvalue weighted by atomic mass is 19.4. The standard InChI is InChI=1S/C24H35F5N2O5/c1-3-5-13-30-22(34)31(14-7-6-12-23(25,26)24(27,28)29)15-16-36-19-10-8-18(9-11-19)17-20(21(32)33)35-4-2/h8-11,20H,3-7,12-17H2,1-2H3,(H,30,34)(H,32,33). The van der Waals surface area contributed by atoms with Gasteiger partial charge in [-0.2, -0.15) is 22.0 Å². The lowest BCUT2D eigenvalue weighted by Gasteiger charge is -2.24. The number of ether oxygens (including phenoxy) is 2. The van der Waals surface area contributed by atoms with Crippen LogP contribution >= 0.6 is 0 Å². The second-order valence-corrected chi connectivity index (χ2v) is 8.21. The Morgan fingerprint density at radius 1 is 1.03 bits per heavy atom. The molecule has 0 aliphatic heterocycles. The zero-order valence-electron chi connectivity index (χ0n) is 20.6. The summed E-state index contributed by atoms with van der Waals surface area (Å²) in [6.45, 7) is 4.50. The number of benzene rings is 1. The molecule has 1 aromatic carbocycles. The van der Waals surface area contributed by atoms with Crippen LogP contribution in [0.3, 0.4) is 0 Å². The Morgan fingerprint density at radius 3 is 2.25 bits per heavy atom. The molecule has 206 valence electrons. The fourth-order valence-electron chi connectivity index (χ4n) is 3.22. The van der Waals surface area contributed by atoms with Gasteiger partial charge in [-0.25, -0.2) is 9.59 Å². The highest BCUT2D eigenvalue weighted by Gasteiger charge is 2.56. The first kappa shape index (κ1) is 31.4. The summed E-state index contributed by atoms with van der Waals surface area (Å²) in [4.78, 5) is 25.0. The third-order valence-electron chi connectivity index (χ3n) is 5.29. The second-order valence-electron chi connectivity index (χ2n) is 8.21. The molecular formula is C24H35F5N2O5. The number of hydrogen-bond donors (Lipinski definition) is 2. The largest absolute Gasteiger partial charge is 0.492 e. The Labute approximate surface area is 207 Å². The molecule has 0 aromatic heterocycles. The minimum absolute atomic E-state index is 0.00218. The van der Waals surface area contributed by atoms with Gasteiger partial charge in [-0.1, -0.05) is 25.5 Å². The van der Waals surface area contributed by atoms with Crippen LogP contribution < -0.4 is 10.1 Å². The van der Waals surface area contributed by atoms with Crippen LogP contribution in [0.2, 0.25) is 0 Å². The molecule has 1 atom stereocenters. The van der Waals surface area contributed by atoms with Gasteiger partial charge in [0.2, 0.25) is 0 Å². The van der Waals surface area contributed by atoms with Crippen LogP contribution in [0, 0.1) is 0 Å². The van der Waals surface area contributed by atoms with Crippen molar-refractivity contribution >= 4 is 12.0 Å². The predicted octanol–water partition coefficient (Wildman–Crippen LogP) is 5.28. The van der Waals surface area contributed by atoms with Gasteiger partial charge in [0.05, 0.1) is 6.54 Å². The van der Waals surface area contributed by atoms with Crippen molar-refractivity contribution in [2.75, 3.05) is 32.8 Å². The third kappa shape index (κ3) is 11.4. The number of aliphatic carboxylic acids is 1. The number of carboxylic acids is 1. The molecule has 1 unspecified atom stereocenters. The molecule has 0 radical (unpaired) electrons. The van der Waals surface area contributed by atoms with E-state index in [0.29, 0.717) is 12.3 Å². The van der Waals surface area contributed by atoms with E-state index in [4.69, 9.17) is 9.47 Å². The molecule has 1 rings (SSSR count). The average Bonchev–Trinajstić information content (AvgIpc) is 2.80. The first-order chi connectivity index (χ1) is 16.9. The highest BCUT2D eigenvalue weighted by molar-refractivity contribution is 5.74. The van der Waals surface area contributed by atoms with Gasteiger partial charge >= 0.3 is 24.1 Å². The number of carbonyl (C=O) groups excluding carboxylic acids is 1. The lowest BCUT2D eigenvalue weighted by atomic mass is 10.1. The van der Waals surface area contributed by atoms with Gasteiger partial charge in [-0.3, -0.25) is 0 Å². The lowest BCUT2D eigenvalue weighted by Crippen LogP contribution is -2.43. The van der Waals surface area contributed by atoms with Crippen molar-refractivity contribution in [3.05, 3.63) is 29.8 Å². The predicted molar refractivity (Wildman–Crippen MR) is 123 cm³/mol. The molecule has 0 aliphatic carbocycles. The number of unbranched alkanes of at least 4 members (excludes halogenated alkanes) is 2. The van der Waals surface area contributed by atoms with Gasteiger partial charge in [-0.05, 0) is 43.9 Å². The molecule has 1 aromatic rings. The molecule has 0 aliphatic rings. The number of nitrogens with zero attached hydrogens (tertiary/aromatic N) is 1. The quantitative estimate of drug-likeness (QED) is 0.213.